The minimum Gasteiger partial charge on any atom is -0.384 e. The van der Waals surface area contributed by atoms with Crippen LogP contribution in [0.25, 0.3) is 0 Å². The molecule has 1 saturated heterocycles. The van der Waals surface area contributed by atoms with E-state index in [0.717, 1.165) is 43.8 Å². The van der Waals surface area contributed by atoms with Crippen molar-refractivity contribution in [2.45, 2.75) is 45.3 Å². The summed E-state index contributed by atoms with van der Waals surface area (Å²) in [5, 5.41) is 6.90. The SMILES string of the molecule is CCCNc1cncc(NC2CCOC(C)C2)c1. The fraction of sp³-hybridized carbons (Fsp3) is 0.643. The van der Waals surface area contributed by atoms with Crippen molar-refractivity contribution in [2.75, 3.05) is 23.8 Å². The maximum Gasteiger partial charge on any atom is 0.0566 e. The zero-order valence-electron chi connectivity index (χ0n) is 11.3. The van der Waals surface area contributed by atoms with E-state index < -0.39 is 0 Å². The van der Waals surface area contributed by atoms with Crippen LogP contribution in [0.2, 0.25) is 0 Å². The third-order valence-corrected chi connectivity index (χ3v) is 3.17. The minimum absolute atomic E-state index is 0.352. The minimum atomic E-state index is 0.352. The molecule has 2 rings (SSSR count). The normalized spacial score (nSPS) is 23.7. The zero-order chi connectivity index (χ0) is 12.8. The first-order valence-corrected chi connectivity index (χ1v) is 6.85. The zero-order valence-corrected chi connectivity index (χ0v) is 11.3. The summed E-state index contributed by atoms with van der Waals surface area (Å²) in [6.07, 6.45) is 7.36. The number of nitrogens with zero attached hydrogens (tertiary/aromatic N) is 1. The number of ether oxygens (including phenoxy) is 1. The summed E-state index contributed by atoms with van der Waals surface area (Å²) < 4.78 is 5.55. The predicted octanol–water partition coefficient (Wildman–Crippen LogP) is 2.88. The lowest BCUT2D eigenvalue weighted by Gasteiger charge is -2.28. The van der Waals surface area contributed by atoms with Crippen molar-refractivity contribution in [3.63, 3.8) is 0 Å². The summed E-state index contributed by atoms with van der Waals surface area (Å²) in [6, 6.07) is 2.62. The van der Waals surface area contributed by atoms with Gasteiger partial charge in [-0.1, -0.05) is 6.92 Å². The monoisotopic (exact) mass is 249 g/mol. The van der Waals surface area contributed by atoms with E-state index >= 15 is 0 Å². The molecule has 2 N–H and O–H groups in total. The first-order valence-electron chi connectivity index (χ1n) is 6.85. The van der Waals surface area contributed by atoms with Crippen LogP contribution in [0.4, 0.5) is 11.4 Å². The van der Waals surface area contributed by atoms with Gasteiger partial charge < -0.3 is 15.4 Å². The molecular formula is C14H23N3O. The van der Waals surface area contributed by atoms with Gasteiger partial charge in [0.15, 0.2) is 0 Å². The molecule has 0 amide bonds. The Morgan fingerprint density at radius 3 is 3.00 bits per heavy atom. The van der Waals surface area contributed by atoms with Crippen LogP contribution >= 0.6 is 0 Å². The van der Waals surface area contributed by atoms with Gasteiger partial charge in [-0.25, -0.2) is 0 Å². The van der Waals surface area contributed by atoms with Crippen LogP contribution in [0.3, 0.4) is 0 Å². The average Bonchev–Trinajstić information content (AvgIpc) is 2.37. The Balaban J connectivity index is 1.91. The lowest BCUT2D eigenvalue weighted by Crippen LogP contribution is -2.32. The van der Waals surface area contributed by atoms with Gasteiger partial charge in [-0.15, -0.1) is 0 Å². The second-order valence-corrected chi connectivity index (χ2v) is 4.94. The number of aromatic nitrogens is 1. The van der Waals surface area contributed by atoms with Crippen LogP contribution in [-0.4, -0.2) is 30.3 Å². The van der Waals surface area contributed by atoms with E-state index in [2.05, 4.69) is 35.5 Å². The lowest BCUT2D eigenvalue weighted by molar-refractivity contribution is 0.0232. The molecule has 100 valence electrons. The second-order valence-electron chi connectivity index (χ2n) is 4.94. The van der Waals surface area contributed by atoms with Crippen molar-refractivity contribution in [3.8, 4) is 0 Å². The van der Waals surface area contributed by atoms with E-state index in [1.165, 1.54) is 0 Å². The van der Waals surface area contributed by atoms with Crippen LogP contribution in [0.15, 0.2) is 18.5 Å². The molecule has 0 aromatic carbocycles. The first-order chi connectivity index (χ1) is 8.78. The Kier molecular flexibility index (Phi) is 4.81. The van der Waals surface area contributed by atoms with Gasteiger partial charge in [-0.2, -0.15) is 0 Å². The summed E-state index contributed by atoms with van der Waals surface area (Å²) in [7, 11) is 0. The Hall–Kier alpha value is -1.29. The van der Waals surface area contributed by atoms with Gasteiger partial charge in [0.1, 0.15) is 0 Å². The Morgan fingerprint density at radius 2 is 2.22 bits per heavy atom. The van der Waals surface area contributed by atoms with Crippen molar-refractivity contribution >= 4 is 11.4 Å². The molecule has 0 bridgehead atoms. The highest BCUT2D eigenvalue weighted by molar-refractivity contribution is 5.54. The van der Waals surface area contributed by atoms with Gasteiger partial charge in [-0.3, -0.25) is 4.98 Å². The Labute approximate surface area is 109 Å². The second kappa shape index (κ2) is 6.59. The van der Waals surface area contributed by atoms with Crippen molar-refractivity contribution in [1.29, 1.82) is 0 Å². The summed E-state index contributed by atoms with van der Waals surface area (Å²) >= 11 is 0. The number of nitrogens with one attached hydrogen (secondary N) is 2. The largest absolute Gasteiger partial charge is 0.384 e. The van der Waals surface area contributed by atoms with Crippen molar-refractivity contribution < 1.29 is 4.74 Å². The smallest absolute Gasteiger partial charge is 0.0566 e. The maximum absolute atomic E-state index is 5.55. The summed E-state index contributed by atoms with van der Waals surface area (Å²) in [4.78, 5) is 4.27. The molecule has 0 radical (unpaired) electrons. The van der Waals surface area contributed by atoms with Crippen molar-refractivity contribution in [2.24, 2.45) is 0 Å². The van der Waals surface area contributed by atoms with Crippen LogP contribution in [0.5, 0.6) is 0 Å². The highest BCUT2D eigenvalue weighted by atomic mass is 16.5. The first kappa shape index (κ1) is 13.1. The molecule has 4 heteroatoms. The molecule has 2 heterocycles. The molecular weight excluding hydrogens is 226 g/mol. The summed E-state index contributed by atoms with van der Waals surface area (Å²) in [6.45, 7) is 6.12. The van der Waals surface area contributed by atoms with Crippen molar-refractivity contribution in [3.05, 3.63) is 18.5 Å². The molecule has 18 heavy (non-hydrogen) atoms. The van der Waals surface area contributed by atoms with E-state index in [0.29, 0.717) is 12.1 Å². The summed E-state index contributed by atoms with van der Waals surface area (Å²) in [5.74, 6) is 0. The highest BCUT2D eigenvalue weighted by Gasteiger charge is 2.18. The van der Waals surface area contributed by atoms with E-state index in [1.54, 1.807) is 0 Å². The molecule has 1 fully saturated rings. The number of hydrogen-bond acceptors (Lipinski definition) is 4. The molecule has 1 aliphatic heterocycles. The van der Waals surface area contributed by atoms with Crippen LogP contribution < -0.4 is 10.6 Å². The fourth-order valence-corrected chi connectivity index (χ4v) is 2.25. The van der Waals surface area contributed by atoms with Gasteiger partial charge in [-0.05, 0) is 32.3 Å². The molecule has 1 aromatic heterocycles. The van der Waals surface area contributed by atoms with E-state index in [-0.39, 0.29) is 0 Å². The number of hydrogen-bond donors (Lipinski definition) is 2. The van der Waals surface area contributed by atoms with Gasteiger partial charge in [0.2, 0.25) is 0 Å². The standard InChI is InChI=1S/C14H23N3O/c1-3-5-16-13-8-14(10-15-9-13)17-12-4-6-18-11(2)7-12/h8-12,16-17H,3-7H2,1-2H3. The van der Waals surface area contributed by atoms with Crippen LogP contribution in [0, 0.1) is 0 Å². The Morgan fingerprint density at radius 1 is 1.39 bits per heavy atom. The fourth-order valence-electron chi connectivity index (χ4n) is 2.25. The molecule has 0 spiro atoms. The van der Waals surface area contributed by atoms with Gasteiger partial charge in [0.25, 0.3) is 0 Å². The van der Waals surface area contributed by atoms with E-state index in [4.69, 9.17) is 4.74 Å². The number of pyridine rings is 1. The third kappa shape index (κ3) is 3.88. The quantitative estimate of drug-likeness (QED) is 0.842. The molecule has 0 aliphatic carbocycles. The van der Waals surface area contributed by atoms with Gasteiger partial charge in [0, 0.05) is 19.2 Å². The lowest BCUT2D eigenvalue weighted by atomic mass is 10.0. The molecule has 1 aliphatic rings. The maximum atomic E-state index is 5.55. The summed E-state index contributed by atoms with van der Waals surface area (Å²) in [5.41, 5.74) is 2.18. The Bertz CT molecular complexity index is 370. The van der Waals surface area contributed by atoms with Gasteiger partial charge in [0.05, 0.1) is 29.9 Å². The van der Waals surface area contributed by atoms with Gasteiger partial charge >= 0.3 is 0 Å². The number of anilines is 2. The predicted molar refractivity (Wildman–Crippen MR) is 75.1 cm³/mol. The molecule has 2 unspecified atom stereocenters. The molecule has 4 nitrogen and oxygen atoms in total. The molecule has 0 saturated carbocycles. The topological polar surface area (TPSA) is 46.2 Å². The highest BCUT2D eigenvalue weighted by Crippen LogP contribution is 2.20. The average molecular weight is 249 g/mol. The number of rotatable bonds is 5. The molecule has 1 aromatic rings. The van der Waals surface area contributed by atoms with E-state index in [1.807, 2.05) is 12.4 Å². The van der Waals surface area contributed by atoms with Crippen LogP contribution in [-0.2, 0) is 4.74 Å². The molecule has 2 atom stereocenters. The van der Waals surface area contributed by atoms with Crippen molar-refractivity contribution in [1.82, 2.24) is 4.98 Å². The van der Waals surface area contributed by atoms with E-state index in [9.17, 15) is 0 Å². The van der Waals surface area contributed by atoms with Crippen LogP contribution in [0.1, 0.15) is 33.1 Å². The third-order valence-electron chi connectivity index (χ3n) is 3.17.